The molecule has 2 heterocycles. The fraction of sp³-hybridized carbons (Fsp3) is 0.667. The Morgan fingerprint density at radius 3 is 3.04 bits per heavy atom. The van der Waals surface area contributed by atoms with Crippen LogP contribution in [0.3, 0.4) is 0 Å². The number of rotatable bonds is 6. The van der Waals surface area contributed by atoms with E-state index in [1.54, 1.807) is 11.3 Å². The van der Waals surface area contributed by atoms with Gasteiger partial charge in [0.15, 0.2) is 0 Å². The lowest BCUT2D eigenvalue weighted by molar-refractivity contribution is -0.116. The quantitative estimate of drug-likeness (QED) is 0.859. The highest BCUT2D eigenvalue weighted by Gasteiger charge is 2.23. The smallest absolute Gasteiger partial charge is 0.226 e. The second-order valence-corrected chi connectivity index (χ2v) is 7.83. The maximum absolute atomic E-state index is 12.2. The Morgan fingerprint density at radius 1 is 1.42 bits per heavy atom. The van der Waals surface area contributed by atoms with Gasteiger partial charge in [-0.15, -0.1) is 11.3 Å². The van der Waals surface area contributed by atoms with Crippen LogP contribution in [-0.4, -0.2) is 43.7 Å². The van der Waals surface area contributed by atoms with Gasteiger partial charge >= 0.3 is 0 Å². The lowest BCUT2D eigenvalue weighted by atomic mass is 10.1. The zero-order valence-corrected chi connectivity index (χ0v) is 15.1. The Balaban J connectivity index is 1.47. The minimum absolute atomic E-state index is 0.0113. The van der Waals surface area contributed by atoms with E-state index in [0.717, 1.165) is 55.8 Å². The average Bonchev–Trinajstić information content (AvgIpc) is 3.14. The number of anilines is 1. The summed E-state index contributed by atoms with van der Waals surface area (Å²) < 4.78 is 5.74. The van der Waals surface area contributed by atoms with Gasteiger partial charge in [0.2, 0.25) is 5.91 Å². The molecule has 1 unspecified atom stereocenters. The van der Waals surface area contributed by atoms with Crippen molar-refractivity contribution in [1.82, 2.24) is 4.90 Å². The van der Waals surface area contributed by atoms with Gasteiger partial charge in [-0.05, 0) is 51.1 Å². The van der Waals surface area contributed by atoms with Crippen LogP contribution in [-0.2, 0) is 22.4 Å². The first kappa shape index (κ1) is 17.4. The lowest BCUT2D eigenvalue weighted by Crippen LogP contribution is -2.35. The van der Waals surface area contributed by atoms with E-state index in [1.165, 1.54) is 11.3 Å². The Morgan fingerprint density at radius 2 is 2.29 bits per heavy atom. The van der Waals surface area contributed by atoms with Crippen molar-refractivity contribution in [1.29, 1.82) is 5.26 Å². The maximum Gasteiger partial charge on any atom is 0.226 e. The van der Waals surface area contributed by atoms with Crippen LogP contribution in [0.5, 0.6) is 0 Å². The van der Waals surface area contributed by atoms with E-state index in [4.69, 9.17) is 4.74 Å². The third kappa shape index (κ3) is 4.15. The van der Waals surface area contributed by atoms with Crippen molar-refractivity contribution in [2.24, 2.45) is 0 Å². The first-order valence-corrected chi connectivity index (χ1v) is 9.63. The summed E-state index contributed by atoms with van der Waals surface area (Å²) in [5, 5.41) is 13.1. The Bertz CT molecular complexity index is 629. The van der Waals surface area contributed by atoms with Crippen molar-refractivity contribution in [3.63, 3.8) is 0 Å². The molecule has 1 atom stereocenters. The van der Waals surface area contributed by atoms with Crippen LogP contribution in [0.1, 0.15) is 48.1 Å². The number of fused-ring (bicyclic) bond motifs is 1. The van der Waals surface area contributed by atoms with Crippen LogP contribution in [0.25, 0.3) is 0 Å². The highest BCUT2D eigenvalue weighted by Crippen LogP contribution is 2.38. The number of nitrogens with zero attached hydrogens (tertiary/aromatic N) is 2. The van der Waals surface area contributed by atoms with Gasteiger partial charge < -0.3 is 15.0 Å². The van der Waals surface area contributed by atoms with E-state index in [-0.39, 0.29) is 5.91 Å². The monoisotopic (exact) mass is 347 g/mol. The summed E-state index contributed by atoms with van der Waals surface area (Å²) in [6, 6.07) is 2.27. The average molecular weight is 347 g/mol. The van der Waals surface area contributed by atoms with Crippen LogP contribution in [0, 0.1) is 11.3 Å². The standard InChI is InChI=1S/C18H25N3O2S/c1-21(12-13-5-2-3-10-23-13)9-8-17(22)20-18-15(11-19)14-6-4-7-16(14)24-18/h13H,2-10,12H2,1H3,(H,20,22). The molecule has 1 amide bonds. The maximum atomic E-state index is 12.2. The molecule has 130 valence electrons. The van der Waals surface area contributed by atoms with Crippen LogP contribution in [0.2, 0.25) is 0 Å². The molecular formula is C18H25N3O2S. The molecule has 0 saturated carbocycles. The first-order chi connectivity index (χ1) is 11.7. The molecule has 1 aromatic rings. The van der Waals surface area contributed by atoms with E-state index in [1.807, 2.05) is 7.05 Å². The molecule has 1 saturated heterocycles. The van der Waals surface area contributed by atoms with Gasteiger partial charge in [0, 0.05) is 31.0 Å². The molecule has 1 aliphatic carbocycles. The van der Waals surface area contributed by atoms with E-state index in [2.05, 4.69) is 16.3 Å². The number of thiophene rings is 1. The fourth-order valence-corrected chi connectivity index (χ4v) is 4.74. The van der Waals surface area contributed by atoms with E-state index >= 15 is 0 Å². The molecule has 1 fully saturated rings. The third-order valence-corrected chi connectivity index (χ3v) is 6.00. The van der Waals surface area contributed by atoms with Crippen LogP contribution < -0.4 is 5.32 Å². The first-order valence-electron chi connectivity index (χ1n) is 8.82. The van der Waals surface area contributed by atoms with E-state index < -0.39 is 0 Å². The molecule has 1 aromatic heterocycles. The second-order valence-electron chi connectivity index (χ2n) is 6.72. The molecule has 0 spiro atoms. The predicted molar refractivity (Wildman–Crippen MR) is 95.4 cm³/mol. The summed E-state index contributed by atoms with van der Waals surface area (Å²) in [4.78, 5) is 15.7. The number of ether oxygens (including phenoxy) is 1. The van der Waals surface area contributed by atoms with Gasteiger partial charge in [-0.2, -0.15) is 5.26 Å². The molecule has 3 rings (SSSR count). The molecule has 0 aromatic carbocycles. The summed E-state index contributed by atoms with van der Waals surface area (Å²) >= 11 is 1.58. The number of hydrogen-bond acceptors (Lipinski definition) is 5. The van der Waals surface area contributed by atoms with Gasteiger partial charge in [0.1, 0.15) is 11.1 Å². The number of likely N-dealkylation sites (N-methyl/N-ethyl adjacent to an activating group) is 1. The summed E-state index contributed by atoms with van der Waals surface area (Å²) in [5.41, 5.74) is 1.84. The molecule has 0 radical (unpaired) electrons. The number of carbonyl (C=O) groups excluding carboxylic acids is 1. The Hall–Kier alpha value is -1.42. The van der Waals surface area contributed by atoms with Gasteiger partial charge in [-0.25, -0.2) is 0 Å². The second kappa shape index (κ2) is 8.11. The van der Waals surface area contributed by atoms with Gasteiger partial charge in [0.05, 0.1) is 11.7 Å². The molecule has 1 N–H and O–H groups in total. The third-order valence-electron chi connectivity index (χ3n) is 4.80. The fourth-order valence-electron chi connectivity index (χ4n) is 3.48. The van der Waals surface area contributed by atoms with Gasteiger partial charge in [-0.3, -0.25) is 4.79 Å². The Kier molecular flexibility index (Phi) is 5.88. The highest BCUT2D eigenvalue weighted by molar-refractivity contribution is 7.16. The summed E-state index contributed by atoms with van der Waals surface area (Å²) in [7, 11) is 2.03. The van der Waals surface area contributed by atoms with Crippen molar-refractivity contribution in [2.75, 3.05) is 32.1 Å². The van der Waals surface area contributed by atoms with Crippen molar-refractivity contribution in [3.05, 3.63) is 16.0 Å². The molecule has 1 aliphatic heterocycles. The van der Waals surface area contributed by atoms with Crippen LogP contribution in [0.4, 0.5) is 5.00 Å². The van der Waals surface area contributed by atoms with Crippen molar-refractivity contribution >= 4 is 22.2 Å². The predicted octanol–water partition coefficient (Wildman–Crippen LogP) is 2.94. The summed E-state index contributed by atoms with van der Waals surface area (Å²) in [6.07, 6.45) is 7.38. The van der Waals surface area contributed by atoms with Crippen LogP contribution >= 0.6 is 11.3 Å². The zero-order valence-electron chi connectivity index (χ0n) is 14.3. The normalized spacial score (nSPS) is 20.0. The van der Waals surface area contributed by atoms with E-state index in [0.29, 0.717) is 24.6 Å². The summed E-state index contributed by atoms with van der Waals surface area (Å²) in [6.45, 7) is 2.45. The molecule has 2 aliphatic rings. The zero-order chi connectivity index (χ0) is 16.9. The molecule has 5 nitrogen and oxygen atoms in total. The molecule has 6 heteroatoms. The topological polar surface area (TPSA) is 65.4 Å². The minimum Gasteiger partial charge on any atom is -0.377 e. The van der Waals surface area contributed by atoms with Gasteiger partial charge in [-0.1, -0.05) is 0 Å². The largest absolute Gasteiger partial charge is 0.377 e. The summed E-state index contributed by atoms with van der Waals surface area (Å²) in [5.74, 6) is -0.0113. The number of carbonyl (C=O) groups is 1. The number of nitriles is 1. The molecule has 24 heavy (non-hydrogen) atoms. The molecular weight excluding hydrogens is 322 g/mol. The lowest BCUT2D eigenvalue weighted by Gasteiger charge is -2.27. The van der Waals surface area contributed by atoms with Crippen molar-refractivity contribution < 1.29 is 9.53 Å². The SMILES string of the molecule is CN(CCC(=O)Nc1sc2c(c1C#N)CCC2)CC1CCCCO1. The minimum atomic E-state index is -0.0113. The Labute approximate surface area is 147 Å². The highest BCUT2D eigenvalue weighted by atomic mass is 32.1. The number of nitrogens with one attached hydrogen (secondary N) is 1. The van der Waals surface area contributed by atoms with Crippen LogP contribution in [0.15, 0.2) is 0 Å². The van der Waals surface area contributed by atoms with Crippen molar-refractivity contribution in [2.45, 2.75) is 51.0 Å². The number of aryl methyl sites for hydroxylation is 1. The van der Waals surface area contributed by atoms with E-state index in [9.17, 15) is 10.1 Å². The van der Waals surface area contributed by atoms with Crippen molar-refractivity contribution in [3.8, 4) is 6.07 Å². The number of hydrogen-bond donors (Lipinski definition) is 1. The number of amides is 1. The molecule has 0 bridgehead atoms. The van der Waals surface area contributed by atoms with Gasteiger partial charge in [0.25, 0.3) is 0 Å².